The first kappa shape index (κ1) is 43.6. The first-order valence-corrected chi connectivity index (χ1v) is 9.58. The lowest BCUT2D eigenvalue weighted by Gasteiger charge is -2.42. The molecule has 0 spiro atoms. The summed E-state index contributed by atoms with van der Waals surface area (Å²) in [4.78, 5) is 0. The van der Waals surface area contributed by atoms with Crippen LogP contribution in [0.4, 0.5) is 132 Å². The summed E-state index contributed by atoms with van der Waals surface area (Å²) in [7, 11) is 0. The van der Waals surface area contributed by atoms with Gasteiger partial charge in [0, 0.05) is 0 Å². The van der Waals surface area contributed by atoms with Crippen molar-refractivity contribution in [3.63, 3.8) is 0 Å². The summed E-state index contributed by atoms with van der Waals surface area (Å²) >= 11 is 0. The minimum atomic E-state index is -9.34. The van der Waals surface area contributed by atoms with Gasteiger partial charge >= 0.3 is 83.4 Å². The van der Waals surface area contributed by atoms with E-state index < -0.39 is 95.6 Å². The van der Waals surface area contributed by atoms with E-state index >= 15 is 0 Å². The van der Waals surface area contributed by atoms with Crippen LogP contribution in [0, 0.1) is 0 Å². The van der Waals surface area contributed by atoms with Crippen LogP contribution in [0.15, 0.2) is 12.2 Å². The maximum absolute atomic E-state index is 13.6. The molecular weight excluding hydrogens is 762 g/mol. The van der Waals surface area contributed by atoms with Crippen LogP contribution < -0.4 is 0 Å². The van der Waals surface area contributed by atoms with Crippen molar-refractivity contribution in [1.29, 1.82) is 0 Å². The summed E-state index contributed by atoms with van der Waals surface area (Å²) < 4.78 is 390. The third kappa shape index (κ3) is 5.42. The van der Waals surface area contributed by atoms with Gasteiger partial charge in [-0.3, -0.25) is 0 Å². The van der Waals surface area contributed by atoms with Crippen molar-refractivity contribution in [1.82, 2.24) is 0 Å². The average molecular weight is 764 g/mol. The number of alkyl halides is 30. The first-order chi connectivity index (χ1) is 19.2. The molecule has 0 unspecified atom stereocenters. The molecule has 0 aromatic carbocycles. The Kier molecular flexibility index (Phi) is 10.0. The maximum Gasteiger partial charge on any atom is 0.460 e. The van der Waals surface area contributed by atoms with Gasteiger partial charge in [-0.25, -0.2) is 0 Å². The lowest BCUT2D eigenvalue weighted by atomic mass is 9.88. The Labute approximate surface area is 228 Å². The minimum absolute atomic E-state index is 3.23. The van der Waals surface area contributed by atoms with Crippen molar-refractivity contribution < 1.29 is 132 Å². The highest BCUT2D eigenvalue weighted by Crippen LogP contribution is 2.65. The summed E-state index contributed by atoms with van der Waals surface area (Å²) in [6.45, 7) is 0. The Morgan fingerprint density at radius 2 is 0.304 bits per heavy atom. The van der Waals surface area contributed by atoms with E-state index in [9.17, 15) is 132 Å². The van der Waals surface area contributed by atoms with Crippen molar-refractivity contribution >= 4 is 0 Å². The second kappa shape index (κ2) is 10.6. The van der Waals surface area contributed by atoms with Gasteiger partial charge in [0.15, 0.2) is 0 Å². The minimum Gasteiger partial charge on any atom is -0.195 e. The van der Waals surface area contributed by atoms with Gasteiger partial charge in [0.2, 0.25) is 0 Å². The van der Waals surface area contributed by atoms with Crippen LogP contribution >= 0.6 is 0 Å². The van der Waals surface area contributed by atoms with Crippen molar-refractivity contribution in [2.75, 3.05) is 0 Å². The molecule has 0 aliphatic carbocycles. The van der Waals surface area contributed by atoms with E-state index in [1.165, 1.54) is 0 Å². The third-order valence-electron chi connectivity index (χ3n) is 5.21. The molecule has 0 saturated carbocycles. The van der Waals surface area contributed by atoms with Crippen LogP contribution in [-0.2, 0) is 0 Å². The van der Waals surface area contributed by atoms with E-state index in [1.807, 2.05) is 0 Å². The van der Waals surface area contributed by atoms with E-state index in [2.05, 4.69) is 0 Å². The Hall–Kier alpha value is -2.36. The molecule has 0 rings (SSSR count). The van der Waals surface area contributed by atoms with Crippen molar-refractivity contribution in [3.05, 3.63) is 12.2 Å². The van der Waals surface area contributed by atoms with Gasteiger partial charge in [-0.15, -0.1) is 0 Å². The molecule has 0 atom stereocenters. The van der Waals surface area contributed by atoms with E-state index in [-0.39, 0.29) is 0 Å². The molecular formula is C16H2F30. The van der Waals surface area contributed by atoms with Crippen molar-refractivity contribution in [2.24, 2.45) is 0 Å². The number of hydrogen-bond acceptors (Lipinski definition) is 0. The van der Waals surface area contributed by atoms with Crippen LogP contribution in [-0.4, -0.2) is 83.4 Å². The number of hydrogen-bond donors (Lipinski definition) is 0. The molecule has 0 N–H and O–H groups in total. The van der Waals surface area contributed by atoms with Gasteiger partial charge in [0.25, 0.3) is 0 Å². The molecule has 46 heavy (non-hydrogen) atoms. The van der Waals surface area contributed by atoms with Gasteiger partial charge in [0.1, 0.15) is 0 Å². The molecule has 30 heteroatoms. The molecule has 0 aromatic rings. The molecule has 0 aliphatic heterocycles. The second-order valence-corrected chi connectivity index (χ2v) is 8.32. The highest BCUT2D eigenvalue weighted by Gasteiger charge is 2.95. The highest BCUT2D eigenvalue weighted by atomic mass is 19.4. The molecule has 0 saturated heterocycles. The Bertz CT molecular complexity index is 1120. The van der Waals surface area contributed by atoms with Crippen LogP contribution in [0.5, 0.6) is 0 Å². The Morgan fingerprint density at radius 3 is 0.457 bits per heavy atom. The Balaban J connectivity index is 7.13. The van der Waals surface area contributed by atoms with E-state index in [4.69, 9.17) is 0 Å². The smallest absolute Gasteiger partial charge is 0.195 e. The van der Waals surface area contributed by atoms with Crippen molar-refractivity contribution in [2.45, 2.75) is 83.4 Å². The largest absolute Gasteiger partial charge is 0.460 e. The zero-order chi connectivity index (χ0) is 38.4. The summed E-state index contributed by atoms with van der Waals surface area (Å²) in [6, 6.07) is 0. The second-order valence-electron chi connectivity index (χ2n) is 8.32. The topological polar surface area (TPSA) is 0 Å². The van der Waals surface area contributed by atoms with Gasteiger partial charge in [-0.2, -0.15) is 132 Å². The molecule has 0 amide bonds. The molecule has 0 radical (unpaired) electrons. The predicted octanol–water partition coefficient (Wildman–Crippen LogP) is 10.3. The van der Waals surface area contributed by atoms with Gasteiger partial charge in [-0.05, 0) is 12.2 Å². The SMILES string of the molecule is FC(F)(F)C(F)(F)C(F)(F)C(F)(F)C(F)(F)C(F)(F)C=CC(F)(F)C(F)(F)C(F)(F)C(F)(F)C(F)(F)C(F)(F)C(F)(F)C(F)(F)F. The fourth-order valence-electron chi connectivity index (χ4n) is 2.38. The van der Waals surface area contributed by atoms with Gasteiger partial charge in [-0.1, -0.05) is 0 Å². The summed E-state index contributed by atoms with van der Waals surface area (Å²) in [6.07, 6.45) is -22.7. The number of allylic oxidation sites excluding steroid dienone is 2. The lowest BCUT2D eigenvalue weighted by molar-refractivity contribution is -0.459. The fourth-order valence-corrected chi connectivity index (χ4v) is 2.38. The molecule has 0 heterocycles. The van der Waals surface area contributed by atoms with E-state index in [0.29, 0.717) is 0 Å². The molecule has 0 bridgehead atoms. The van der Waals surface area contributed by atoms with E-state index in [1.54, 1.807) is 0 Å². The molecule has 276 valence electrons. The number of halogens is 30. The Morgan fingerprint density at radius 1 is 0.174 bits per heavy atom. The van der Waals surface area contributed by atoms with Crippen LogP contribution in [0.2, 0.25) is 0 Å². The fraction of sp³-hybridized carbons (Fsp3) is 0.875. The third-order valence-corrected chi connectivity index (χ3v) is 5.21. The highest BCUT2D eigenvalue weighted by molar-refractivity contribution is 5.21. The van der Waals surface area contributed by atoms with Gasteiger partial charge in [0.05, 0.1) is 0 Å². The normalized spacial score (nSPS) is 17.3. The summed E-state index contributed by atoms with van der Waals surface area (Å²) in [5, 5.41) is 0. The van der Waals surface area contributed by atoms with E-state index in [0.717, 1.165) is 0 Å². The zero-order valence-electron chi connectivity index (χ0n) is 19.5. The predicted molar refractivity (Wildman–Crippen MR) is 80.6 cm³/mol. The number of rotatable bonds is 12. The summed E-state index contributed by atoms with van der Waals surface area (Å²) in [5.41, 5.74) is 0. The molecule has 0 fully saturated rings. The van der Waals surface area contributed by atoms with Gasteiger partial charge < -0.3 is 0 Å². The van der Waals surface area contributed by atoms with Crippen LogP contribution in [0.3, 0.4) is 0 Å². The van der Waals surface area contributed by atoms with Crippen molar-refractivity contribution in [3.8, 4) is 0 Å². The van der Waals surface area contributed by atoms with Crippen LogP contribution in [0.1, 0.15) is 0 Å². The molecule has 0 aliphatic rings. The monoisotopic (exact) mass is 764 g/mol. The first-order valence-electron chi connectivity index (χ1n) is 9.58. The summed E-state index contributed by atoms with van der Waals surface area (Å²) in [5.74, 6) is -105. The average Bonchev–Trinajstić information content (AvgIpc) is 2.80. The quantitative estimate of drug-likeness (QED) is 0.137. The molecule has 0 nitrogen and oxygen atoms in total. The lowest BCUT2D eigenvalue weighted by Crippen LogP contribution is -2.74. The standard InChI is InChI=1S/C16H2F30/c17-3(18,1-2-4(19,20)6(23,24)8(27,28)11(33,34)13(37,38)15(41,42)43)5(21,22)7(25,26)9(29,30)10(31,32)12(35,36)14(39,40)16(44,45)46/h1-2H. The maximum atomic E-state index is 13.6. The molecule has 0 aromatic heterocycles. The zero-order valence-corrected chi connectivity index (χ0v) is 19.5. The van der Waals surface area contributed by atoms with Crippen LogP contribution in [0.25, 0.3) is 0 Å².